The molecule has 27 heavy (non-hydrogen) atoms. The molecule has 1 heterocycles. The van der Waals surface area contributed by atoms with E-state index in [1.807, 2.05) is 36.4 Å². The van der Waals surface area contributed by atoms with Crippen molar-refractivity contribution in [1.82, 2.24) is 4.98 Å². The summed E-state index contributed by atoms with van der Waals surface area (Å²) < 4.78 is 0. The Morgan fingerprint density at radius 2 is 1.67 bits per heavy atom. The molecule has 0 atom stereocenters. The molecule has 0 aliphatic carbocycles. The van der Waals surface area contributed by atoms with Crippen LogP contribution in [0.3, 0.4) is 0 Å². The van der Waals surface area contributed by atoms with E-state index in [2.05, 4.69) is 4.98 Å². The molecule has 3 aromatic carbocycles. The van der Waals surface area contributed by atoms with E-state index in [1.165, 1.54) is 12.1 Å². The number of aromatic hydroxyl groups is 1. The van der Waals surface area contributed by atoms with Crippen LogP contribution in [-0.4, -0.2) is 15.0 Å². The van der Waals surface area contributed by atoms with Gasteiger partial charge in [-0.05, 0) is 23.3 Å². The zero-order valence-corrected chi connectivity index (χ0v) is 14.7. The SMILES string of the molecule is O=[N+]([O-])c1cc(Cl)c2c(-c3ccccc3)ccnc2c1-c1ccccc1O. The van der Waals surface area contributed by atoms with Crippen LogP contribution in [0.1, 0.15) is 0 Å². The zero-order valence-electron chi connectivity index (χ0n) is 14.0. The molecule has 0 unspecified atom stereocenters. The number of pyridine rings is 1. The second kappa shape index (κ2) is 6.70. The van der Waals surface area contributed by atoms with Gasteiger partial charge >= 0.3 is 0 Å². The van der Waals surface area contributed by atoms with E-state index in [1.54, 1.807) is 24.4 Å². The van der Waals surface area contributed by atoms with Gasteiger partial charge in [0.15, 0.2) is 0 Å². The molecule has 5 nitrogen and oxygen atoms in total. The number of para-hydroxylation sites is 1. The van der Waals surface area contributed by atoms with Crippen molar-refractivity contribution in [2.75, 3.05) is 0 Å². The predicted octanol–water partition coefficient (Wildman–Crippen LogP) is 5.84. The van der Waals surface area contributed by atoms with Crippen molar-refractivity contribution >= 4 is 28.2 Å². The number of rotatable bonds is 3. The summed E-state index contributed by atoms with van der Waals surface area (Å²) in [4.78, 5) is 15.6. The van der Waals surface area contributed by atoms with Crippen molar-refractivity contribution in [2.24, 2.45) is 0 Å². The lowest BCUT2D eigenvalue weighted by atomic mass is 9.94. The van der Waals surface area contributed by atoms with Gasteiger partial charge in [0.1, 0.15) is 5.75 Å². The lowest BCUT2D eigenvalue weighted by molar-refractivity contribution is -0.384. The zero-order chi connectivity index (χ0) is 19.0. The Kier molecular flexibility index (Phi) is 4.22. The number of benzene rings is 3. The highest BCUT2D eigenvalue weighted by atomic mass is 35.5. The van der Waals surface area contributed by atoms with Crippen molar-refractivity contribution in [3.63, 3.8) is 0 Å². The molecule has 0 radical (unpaired) electrons. The minimum absolute atomic E-state index is 0.0591. The van der Waals surface area contributed by atoms with E-state index in [-0.39, 0.29) is 22.0 Å². The van der Waals surface area contributed by atoms with Gasteiger partial charge in [-0.1, -0.05) is 60.1 Å². The van der Waals surface area contributed by atoms with Gasteiger partial charge in [0, 0.05) is 23.2 Å². The summed E-state index contributed by atoms with van der Waals surface area (Å²) in [5.74, 6) is -0.0591. The molecule has 0 aliphatic heterocycles. The Hall–Kier alpha value is -3.44. The normalized spacial score (nSPS) is 10.9. The number of nitro benzene ring substituents is 1. The van der Waals surface area contributed by atoms with Crippen LogP contribution in [0.4, 0.5) is 5.69 Å². The minimum atomic E-state index is -0.510. The monoisotopic (exact) mass is 376 g/mol. The highest BCUT2D eigenvalue weighted by Crippen LogP contribution is 2.45. The molecule has 0 saturated carbocycles. The topological polar surface area (TPSA) is 76.3 Å². The summed E-state index contributed by atoms with van der Waals surface area (Å²) >= 11 is 6.45. The van der Waals surface area contributed by atoms with E-state index in [0.29, 0.717) is 16.5 Å². The number of hydrogen-bond donors (Lipinski definition) is 1. The number of fused-ring (bicyclic) bond motifs is 1. The van der Waals surface area contributed by atoms with Crippen LogP contribution in [-0.2, 0) is 0 Å². The summed E-state index contributed by atoms with van der Waals surface area (Å²) in [6.45, 7) is 0. The standard InChI is InChI=1S/C21H13ClN2O3/c22-16-12-17(24(26)27)20(15-8-4-5-9-18(15)25)21-19(16)14(10-11-23-21)13-6-2-1-3-7-13/h1-12,25H. The van der Waals surface area contributed by atoms with Crippen molar-refractivity contribution in [3.05, 3.63) is 88.1 Å². The number of phenolic OH excluding ortho intramolecular Hbond substituents is 1. The first-order valence-electron chi connectivity index (χ1n) is 8.17. The average molecular weight is 377 g/mol. The number of hydrogen-bond acceptors (Lipinski definition) is 4. The third-order valence-electron chi connectivity index (χ3n) is 4.40. The number of nitro groups is 1. The molecule has 0 spiro atoms. The summed E-state index contributed by atoms with van der Waals surface area (Å²) in [6, 6.07) is 19.2. The first-order chi connectivity index (χ1) is 13.1. The van der Waals surface area contributed by atoms with Crippen molar-refractivity contribution in [1.29, 1.82) is 0 Å². The van der Waals surface area contributed by atoms with Crippen molar-refractivity contribution < 1.29 is 10.0 Å². The maximum atomic E-state index is 11.7. The summed E-state index contributed by atoms with van der Waals surface area (Å²) in [5, 5.41) is 22.8. The molecule has 6 heteroatoms. The molecule has 0 fully saturated rings. The second-order valence-corrected chi connectivity index (χ2v) is 6.38. The molecule has 0 bridgehead atoms. The number of halogens is 1. The maximum Gasteiger partial charge on any atom is 0.281 e. The number of phenols is 1. The second-order valence-electron chi connectivity index (χ2n) is 5.97. The van der Waals surface area contributed by atoms with Crippen LogP contribution < -0.4 is 0 Å². The van der Waals surface area contributed by atoms with E-state index in [0.717, 1.165) is 11.1 Å². The predicted molar refractivity (Wildman–Crippen MR) is 106 cm³/mol. The third kappa shape index (κ3) is 2.88. The molecule has 1 aromatic heterocycles. The van der Waals surface area contributed by atoms with E-state index in [9.17, 15) is 15.2 Å². The van der Waals surface area contributed by atoms with Gasteiger partial charge < -0.3 is 5.11 Å². The Morgan fingerprint density at radius 3 is 2.37 bits per heavy atom. The number of aromatic nitrogens is 1. The highest BCUT2D eigenvalue weighted by Gasteiger charge is 2.25. The first kappa shape index (κ1) is 17.0. The summed E-state index contributed by atoms with van der Waals surface area (Å²) in [5.41, 5.74) is 2.49. The third-order valence-corrected chi connectivity index (χ3v) is 4.70. The van der Waals surface area contributed by atoms with E-state index >= 15 is 0 Å². The van der Waals surface area contributed by atoms with Gasteiger partial charge in [-0.3, -0.25) is 15.1 Å². The highest BCUT2D eigenvalue weighted by molar-refractivity contribution is 6.37. The largest absolute Gasteiger partial charge is 0.507 e. The fraction of sp³-hybridized carbons (Fsp3) is 0. The molecule has 4 rings (SSSR count). The fourth-order valence-electron chi connectivity index (χ4n) is 3.23. The van der Waals surface area contributed by atoms with Gasteiger partial charge in [0.25, 0.3) is 5.69 Å². The van der Waals surface area contributed by atoms with Crippen LogP contribution in [0.5, 0.6) is 5.75 Å². The van der Waals surface area contributed by atoms with Gasteiger partial charge in [0.2, 0.25) is 0 Å². The van der Waals surface area contributed by atoms with Gasteiger partial charge in [-0.15, -0.1) is 0 Å². The quantitative estimate of drug-likeness (QED) is 0.360. The molecular weight excluding hydrogens is 364 g/mol. The Morgan fingerprint density at radius 1 is 0.963 bits per heavy atom. The lowest BCUT2D eigenvalue weighted by Crippen LogP contribution is -1.97. The molecule has 1 N–H and O–H groups in total. The molecule has 0 aliphatic rings. The molecule has 0 amide bonds. The van der Waals surface area contributed by atoms with E-state index in [4.69, 9.17) is 11.6 Å². The first-order valence-corrected chi connectivity index (χ1v) is 8.55. The number of nitrogens with zero attached hydrogens (tertiary/aromatic N) is 2. The Balaban J connectivity index is 2.17. The van der Waals surface area contributed by atoms with Gasteiger partial charge in [-0.25, -0.2) is 0 Å². The molecule has 0 saturated heterocycles. The maximum absolute atomic E-state index is 11.7. The van der Waals surface area contributed by atoms with Gasteiger partial charge in [-0.2, -0.15) is 0 Å². The van der Waals surface area contributed by atoms with Crippen LogP contribution >= 0.6 is 11.6 Å². The Labute approximate surface area is 159 Å². The van der Waals surface area contributed by atoms with Crippen LogP contribution in [0, 0.1) is 10.1 Å². The summed E-state index contributed by atoms with van der Waals surface area (Å²) in [6.07, 6.45) is 1.59. The molecular formula is C21H13ClN2O3. The molecule has 132 valence electrons. The lowest BCUT2D eigenvalue weighted by Gasteiger charge is -2.13. The van der Waals surface area contributed by atoms with Crippen molar-refractivity contribution in [3.8, 4) is 28.0 Å². The molecule has 4 aromatic rings. The summed E-state index contributed by atoms with van der Waals surface area (Å²) in [7, 11) is 0. The minimum Gasteiger partial charge on any atom is -0.507 e. The van der Waals surface area contributed by atoms with Crippen molar-refractivity contribution in [2.45, 2.75) is 0 Å². The van der Waals surface area contributed by atoms with Gasteiger partial charge in [0.05, 0.1) is 21.0 Å². The van der Waals surface area contributed by atoms with Crippen LogP contribution in [0.2, 0.25) is 5.02 Å². The average Bonchev–Trinajstić information content (AvgIpc) is 2.69. The van der Waals surface area contributed by atoms with Crippen LogP contribution in [0.15, 0.2) is 72.9 Å². The smallest absolute Gasteiger partial charge is 0.281 e. The van der Waals surface area contributed by atoms with E-state index < -0.39 is 4.92 Å². The fourth-order valence-corrected chi connectivity index (χ4v) is 3.53. The van der Waals surface area contributed by atoms with Crippen LogP contribution in [0.25, 0.3) is 33.2 Å². The Bertz CT molecular complexity index is 1180.